The lowest BCUT2D eigenvalue weighted by atomic mass is 9.96. The maximum absolute atomic E-state index is 12.7. The maximum atomic E-state index is 12.7. The third kappa shape index (κ3) is 4.11. The molecule has 4 rings (SSSR count). The molecule has 1 aliphatic heterocycles. The molecular formula is C22H25N3O3. The van der Waals surface area contributed by atoms with E-state index in [1.165, 1.54) is 5.39 Å². The van der Waals surface area contributed by atoms with Crippen LogP contribution in [-0.2, 0) is 22.6 Å². The number of piperidine rings is 1. The zero-order valence-electron chi connectivity index (χ0n) is 15.8. The minimum Gasteiger partial charge on any atom is -0.467 e. The van der Waals surface area contributed by atoms with Crippen molar-refractivity contribution in [1.82, 2.24) is 15.2 Å². The molecule has 28 heavy (non-hydrogen) atoms. The molecule has 0 unspecified atom stereocenters. The van der Waals surface area contributed by atoms with Crippen LogP contribution in [0.25, 0.3) is 10.9 Å². The summed E-state index contributed by atoms with van der Waals surface area (Å²) in [5.74, 6) is 0.691. The normalized spacial score (nSPS) is 17.0. The summed E-state index contributed by atoms with van der Waals surface area (Å²) in [5.41, 5.74) is 2.25. The van der Waals surface area contributed by atoms with Gasteiger partial charge in [0.2, 0.25) is 11.8 Å². The van der Waals surface area contributed by atoms with E-state index in [9.17, 15) is 9.59 Å². The number of carbonyl (C=O) groups is 2. The topological polar surface area (TPSA) is 78.3 Å². The largest absolute Gasteiger partial charge is 0.467 e. The molecule has 3 heterocycles. The molecule has 0 radical (unpaired) electrons. The van der Waals surface area contributed by atoms with Crippen LogP contribution in [0.5, 0.6) is 0 Å². The third-order valence-corrected chi connectivity index (χ3v) is 5.44. The highest BCUT2D eigenvalue weighted by molar-refractivity contribution is 5.84. The molecule has 1 saturated heterocycles. The van der Waals surface area contributed by atoms with Crippen molar-refractivity contribution in [2.75, 3.05) is 13.1 Å². The second-order valence-electron chi connectivity index (χ2n) is 7.34. The van der Waals surface area contributed by atoms with Crippen molar-refractivity contribution in [2.45, 2.75) is 32.2 Å². The van der Waals surface area contributed by atoms with Crippen molar-refractivity contribution in [3.05, 3.63) is 60.2 Å². The minimum absolute atomic E-state index is 0.00877. The quantitative estimate of drug-likeness (QED) is 0.690. The summed E-state index contributed by atoms with van der Waals surface area (Å²) >= 11 is 0. The number of hydrogen-bond acceptors (Lipinski definition) is 3. The van der Waals surface area contributed by atoms with Gasteiger partial charge in [-0.2, -0.15) is 0 Å². The van der Waals surface area contributed by atoms with Gasteiger partial charge in [-0.1, -0.05) is 18.2 Å². The van der Waals surface area contributed by atoms with Gasteiger partial charge in [0, 0.05) is 36.6 Å². The van der Waals surface area contributed by atoms with Crippen LogP contribution in [0.3, 0.4) is 0 Å². The molecule has 0 bridgehead atoms. The smallest absolute Gasteiger partial charge is 0.225 e. The Hall–Kier alpha value is -3.02. The van der Waals surface area contributed by atoms with Gasteiger partial charge in [0.25, 0.3) is 0 Å². The van der Waals surface area contributed by atoms with Crippen LogP contribution in [0, 0.1) is 5.92 Å². The fraction of sp³-hybridized carbons (Fsp3) is 0.364. The summed E-state index contributed by atoms with van der Waals surface area (Å²) in [6.07, 6.45) is 6.42. The van der Waals surface area contributed by atoms with Gasteiger partial charge in [-0.15, -0.1) is 0 Å². The molecule has 0 spiro atoms. The Kier molecular flexibility index (Phi) is 5.46. The molecule has 1 aromatic carbocycles. The number of nitrogens with zero attached hydrogens (tertiary/aromatic N) is 1. The highest BCUT2D eigenvalue weighted by atomic mass is 16.3. The van der Waals surface area contributed by atoms with Gasteiger partial charge in [0.1, 0.15) is 5.76 Å². The Balaban J connectivity index is 1.29. The van der Waals surface area contributed by atoms with E-state index >= 15 is 0 Å². The molecule has 6 nitrogen and oxygen atoms in total. The van der Waals surface area contributed by atoms with Crippen LogP contribution in [0.4, 0.5) is 0 Å². The highest BCUT2D eigenvalue weighted by Gasteiger charge is 2.28. The summed E-state index contributed by atoms with van der Waals surface area (Å²) in [6, 6.07) is 11.8. The molecular weight excluding hydrogens is 354 g/mol. The maximum Gasteiger partial charge on any atom is 0.225 e. The van der Waals surface area contributed by atoms with Crippen LogP contribution >= 0.6 is 0 Å². The first-order valence-electron chi connectivity index (χ1n) is 9.83. The van der Waals surface area contributed by atoms with Gasteiger partial charge in [0.05, 0.1) is 18.7 Å². The monoisotopic (exact) mass is 379 g/mol. The van der Waals surface area contributed by atoms with E-state index in [-0.39, 0.29) is 17.7 Å². The van der Waals surface area contributed by atoms with Crippen molar-refractivity contribution in [1.29, 1.82) is 0 Å². The molecule has 1 atom stereocenters. The number of hydrogen-bond donors (Lipinski definition) is 2. The Morgan fingerprint density at radius 3 is 2.96 bits per heavy atom. The van der Waals surface area contributed by atoms with E-state index in [0.717, 1.165) is 36.2 Å². The van der Waals surface area contributed by atoms with Gasteiger partial charge >= 0.3 is 0 Å². The van der Waals surface area contributed by atoms with Gasteiger partial charge in [-0.25, -0.2) is 0 Å². The first-order valence-corrected chi connectivity index (χ1v) is 9.83. The Morgan fingerprint density at radius 1 is 1.21 bits per heavy atom. The van der Waals surface area contributed by atoms with Crippen molar-refractivity contribution in [2.24, 2.45) is 5.92 Å². The molecule has 1 aliphatic rings. The number of aromatic amines is 1. The number of fused-ring (bicyclic) bond motifs is 1. The number of rotatable bonds is 6. The third-order valence-electron chi connectivity index (χ3n) is 5.44. The van der Waals surface area contributed by atoms with E-state index in [2.05, 4.69) is 16.4 Å². The predicted octanol–water partition coefficient (Wildman–Crippen LogP) is 3.25. The van der Waals surface area contributed by atoms with Crippen molar-refractivity contribution >= 4 is 22.7 Å². The number of carbonyl (C=O) groups excluding carboxylic acids is 2. The first-order chi connectivity index (χ1) is 13.7. The second-order valence-corrected chi connectivity index (χ2v) is 7.34. The van der Waals surface area contributed by atoms with Crippen molar-refractivity contribution < 1.29 is 14.0 Å². The average molecular weight is 379 g/mol. The second kappa shape index (κ2) is 8.33. The SMILES string of the molecule is O=C(NCc1ccco1)[C@@H]1CCCN(C(=O)CCc2c[nH]c3ccccc23)C1. The number of likely N-dealkylation sites (tertiary alicyclic amines) is 1. The minimum atomic E-state index is -0.152. The van der Waals surface area contributed by atoms with E-state index in [1.807, 2.05) is 35.4 Å². The van der Waals surface area contributed by atoms with Crippen LogP contribution in [-0.4, -0.2) is 34.8 Å². The van der Waals surface area contributed by atoms with E-state index in [1.54, 1.807) is 12.3 Å². The number of amides is 2. The fourth-order valence-electron chi connectivity index (χ4n) is 3.89. The van der Waals surface area contributed by atoms with E-state index in [4.69, 9.17) is 4.42 Å². The number of para-hydroxylation sites is 1. The van der Waals surface area contributed by atoms with Crippen molar-refractivity contribution in [3.8, 4) is 0 Å². The molecule has 146 valence electrons. The summed E-state index contributed by atoms with van der Waals surface area (Å²) in [4.78, 5) is 30.3. The number of aromatic nitrogens is 1. The molecule has 3 aromatic rings. The molecule has 2 N–H and O–H groups in total. The average Bonchev–Trinajstić information content (AvgIpc) is 3.40. The lowest BCUT2D eigenvalue weighted by Gasteiger charge is -2.32. The zero-order valence-corrected chi connectivity index (χ0v) is 15.8. The molecule has 0 aliphatic carbocycles. The van der Waals surface area contributed by atoms with Crippen LogP contribution < -0.4 is 5.32 Å². The predicted molar refractivity (Wildman–Crippen MR) is 106 cm³/mol. The summed E-state index contributed by atoms with van der Waals surface area (Å²) in [5, 5.41) is 4.08. The van der Waals surface area contributed by atoms with Gasteiger partial charge in [-0.3, -0.25) is 9.59 Å². The highest BCUT2D eigenvalue weighted by Crippen LogP contribution is 2.21. The number of H-pyrrole nitrogens is 1. The van der Waals surface area contributed by atoms with E-state index < -0.39 is 0 Å². The fourth-order valence-corrected chi connectivity index (χ4v) is 3.89. The zero-order chi connectivity index (χ0) is 19.3. The lowest BCUT2D eigenvalue weighted by Crippen LogP contribution is -2.45. The molecule has 0 saturated carbocycles. The Bertz CT molecular complexity index is 945. The molecule has 6 heteroatoms. The summed E-state index contributed by atoms with van der Waals surface area (Å²) in [6.45, 7) is 1.61. The van der Waals surface area contributed by atoms with Gasteiger partial charge in [0.15, 0.2) is 0 Å². The van der Waals surface area contributed by atoms with Crippen LogP contribution in [0.1, 0.15) is 30.6 Å². The summed E-state index contributed by atoms with van der Waals surface area (Å²) < 4.78 is 5.25. The Morgan fingerprint density at radius 2 is 2.11 bits per heavy atom. The number of aryl methyl sites for hydroxylation is 1. The number of furan rings is 1. The van der Waals surface area contributed by atoms with Crippen LogP contribution in [0.15, 0.2) is 53.3 Å². The van der Waals surface area contributed by atoms with E-state index in [0.29, 0.717) is 25.9 Å². The first kappa shape index (κ1) is 18.3. The van der Waals surface area contributed by atoms with Gasteiger partial charge < -0.3 is 19.6 Å². The number of nitrogens with one attached hydrogen (secondary N) is 2. The Labute approximate surface area is 163 Å². The molecule has 1 fully saturated rings. The standard InChI is InChI=1S/C22H25N3O3/c26-21(10-9-16-13-23-20-8-2-1-7-19(16)20)25-11-3-5-17(15-25)22(27)24-14-18-6-4-12-28-18/h1-2,4,6-8,12-13,17,23H,3,5,9-11,14-15H2,(H,24,27)/t17-/m1/s1. The summed E-state index contributed by atoms with van der Waals surface area (Å²) in [7, 11) is 0. The number of benzene rings is 1. The van der Waals surface area contributed by atoms with Gasteiger partial charge in [-0.05, 0) is 43.0 Å². The van der Waals surface area contributed by atoms with Crippen LogP contribution in [0.2, 0.25) is 0 Å². The molecule has 2 aromatic heterocycles. The lowest BCUT2D eigenvalue weighted by molar-refractivity contribution is -0.135. The molecule has 2 amide bonds. The van der Waals surface area contributed by atoms with Crippen molar-refractivity contribution in [3.63, 3.8) is 0 Å².